The molecule has 0 aliphatic carbocycles. The first kappa shape index (κ1) is 20.0. The van der Waals surface area contributed by atoms with Crippen molar-refractivity contribution in [3.05, 3.63) is 59.1 Å². The Bertz CT molecular complexity index is 725. The van der Waals surface area contributed by atoms with Gasteiger partial charge in [0.2, 0.25) is 0 Å². The Morgan fingerprint density at radius 1 is 0.885 bits per heavy atom. The van der Waals surface area contributed by atoms with Gasteiger partial charge in [-0.2, -0.15) is 0 Å². The molecule has 0 saturated carbocycles. The van der Waals surface area contributed by atoms with E-state index in [4.69, 9.17) is 21.1 Å². The van der Waals surface area contributed by atoms with Gasteiger partial charge in [-0.25, -0.2) is 4.79 Å². The van der Waals surface area contributed by atoms with E-state index in [0.717, 1.165) is 19.3 Å². The van der Waals surface area contributed by atoms with Crippen molar-refractivity contribution >= 4 is 23.5 Å². The highest BCUT2D eigenvalue weighted by Gasteiger charge is 2.10. The number of halogens is 1. The molecule has 0 aliphatic rings. The summed E-state index contributed by atoms with van der Waals surface area (Å²) < 4.78 is 10.6. The Labute approximate surface area is 159 Å². The molecule has 2 rings (SSSR count). The molecule has 0 bridgehead atoms. The molecule has 0 saturated heterocycles. The second-order valence-corrected chi connectivity index (χ2v) is 6.45. The number of unbranched alkanes of at least 4 members (excludes halogenated alkanes) is 4. The predicted molar refractivity (Wildman–Crippen MR) is 102 cm³/mol. The summed E-state index contributed by atoms with van der Waals surface area (Å²) in [5, 5.41) is 0.546. The van der Waals surface area contributed by atoms with Gasteiger partial charge < -0.3 is 9.47 Å². The van der Waals surface area contributed by atoms with Crippen molar-refractivity contribution in [3.8, 4) is 11.5 Å². The summed E-state index contributed by atoms with van der Waals surface area (Å²) >= 11 is 5.81. The fraction of sp³-hybridized carbons (Fsp3) is 0.333. The van der Waals surface area contributed by atoms with Crippen molar-refractivity contribution in [1.29, 1.82) is 0 Å². The Morgan fingerprint density at radius 3 is 2.23 bits per heavy atom. The summed E-state index contributed by atoms with van der Waals surface area (Å²) in [6.45, 7) is 2.15. The van der Waals surface area contributed by atoms with E-state index in [-0.39, 0.29) is 5.97 Å². The number of carbonyl (C=O) groups excluding carboxylic acids is 2. The quantitative estimate of drug-likeness (QED) is 0.315. The molecule has 0 atom stereocenters. The zero-order chi connectivity index (χ0) is 18.8. The Hall–Kier alpha value is -2.33. The Kier molecular flexibility index (Phi) is 8.16. The molecule has 0 N–H and O–H groups in total. The number of ether oxygens (including phenoxy) is 2. The van der Waals surface area contributed by atoms with E-state index < -0.39 is 5.97 Å². The van der Waals surface area contributed by atoms with Gasteiger partial charge in [-0.1, -0.05) is 50.3 Å². The highest BCUT2D eigenvalue weighted by molar-refractivity contribution is 6.30. The minimum absolute atomic E-state index is 0.275. The van der Waals surface area contributed by atoms with Gasteiger partial charge in [0, 0.05) is 17.5 Å². The largest absolute Gasteiger partial charge is 0.426 e. The molecule has 138 valence electrons. The van der Waals surface area contributed by atoms with Crippen LogP contribution in [-0.2, 0) is 4.79 Å². The number of carbonyl (C=O) groups is 2. The van der Waals surface area contributed by atoms with E-state index in [2.05, 4.69) is 6.92 Å². The van der Waals surface area contributed by atoms with Crippen molar-refractivity contribution in [2.45, 2.75) is 45.4 Å². The van der Waals surface area contributed by atoms with Crippen LogP contribution < -0.4 is 9.47 Å². The van der Waals surface area contributed by atoms with Gasteiger partial charge in [0.15, 0.2) is 0 Å². The van der Waals surface area contributed by atoms with Gasteiger partial charge >= 0.3 is 11.9 Å². The molecule has 0 amide bonds. The number of esters is 2. The number of hydrogen-bond acceptors (Lipinski definition) is 4. The fourth-order valence-electron chi connectivity index (χ4n) is 2.41. The third kappa shape index (κ3) is 6.89. The highest BCUT2D eigenvalue weighted by Crippen LogP contribution is 2.21. The van der Waals surface area contributed by atoms with Crippen LogP contribution in [0.25, 0.3) is 0 Å². The zero-order valence-electron chi connectivity index (χ0n) is 14.9. The molecule has 2 aromatic rings. The lowest BCUT2D eigenvalue weighted by molar-refractivity contribution is -0.134. The van der Waals surface area contributed by atoms with E-state index in [9.17, 15) is 9.59 Å². The van der Waals surface area contributed by atoms with E-state index >= 15 is 0 Å². The molecule has 5 heteroatoms. The average molecular weight is 375 g/mol. The lowest BCUT2D eigenvalue weighted by atomic mass is 10.1. The average Bonchev–Trinajstić information content (AvgIpc) is 2.62. The Morgan fingerprint density at radius 2 is 1.54 bits per heavy atom. The summed E-state index contributed by atoms with van der Waals surface area (Å²) in [5.41, 5.74) is 0.392. The van der Waals surface area contributed by atoms with Crippen LogP contribution in [0.5, 0.6) is 11.5 Å². The van der Waals surface area contributed by atoms with Crippen molar-refractivity contribution in [3.63, 3.8) is 0 Å². The summed E-state index contributed by atoms with van der Waals surface area (Å²) in [7, 11) is 0. The maximum Gasteiger partial charge on any atom is 0.343 e. The SMILES string of the molecule is CCCCCCCC(=O)Oc1cccc(OC(=O)c2ccc(Cl)cc2)c1. The third-order valence-electron chi connectivity index (χ3n) is 3.81. The van der Waals surface area contributed by atoms with Crippen molar-refractivity contribution < 1.29 is 19.1 Å². The molecule has 0 aliphatic heterocycles. The van der Waals surface area contributed by atoms with Crippen LogP contribution in [-0.4, -0.2) is 11.9 Å². The van der Waals surface area contributed by atoms with Crippen LogP contribution in [0, 0.1) is 0 Å². The normalized spacial score (nSPS) is 10.4. The van der Waals surface area contributed by atoms with Gasteiger partial charge in [0.25, 0.3) is 0 Å². The maximum absolute atomic E-state index is 12.1. The summed E-state index contributed by atoms with van der Waals surface area (Å²) in [6.07, 6.45) is 5.74. The lowest BCUT2D eigenvalue weighted by Gasteiger charge is -2.08. The third-order valence-corrected chi connectivity index (χ3v) is 4.06. The van der Waals surface area contributed by atoms with Crippen LogP contribution in [0.15, 0.2) is 48.5 Å². The maximum atomic E-state index is 12.1. The standard InChI is InChI=1S/C21H23ClO4/c1-2-3-4-5-6-10-20(23)25-18-8-7-9-19(15-18)26-21(24)16-11-13-17(22)14-12-16/h7-9,11-15H,2-6,10H2,1H3. The number of hydrogen-bond donors (Lipinski definition) is 0. The molecule has 4 nitrogen and oxygen atoms in total. The lowest BCUT2D eigenvalue weighted by Crippen LogP contribution is -2.09. The van der Waals surface area contributed by atoms with Crippen LogP contribution in [0.4, 0.5) is 0 Å². The Balaban J connectivity index is 1.86. The highest BCUT2D eigenvalue weighted by atomic mass is 35.5. The van der Waals surface area contributed by atoms with Gasteiger partial charge in [-0.15, -0.1) is 0 Å². The van der Waals surface area contributed by atoms with Gasteiger partial charge in [0.1, 0.15) is 11.5 Å². The first-order valence-electron chi connectivity index (χ1n) is 8.87. The van der Waals surface area contributed by atoms with Crippen molar-refractivity contribution in [2.75, 3.05) is 0 Å². The summed E-state index contributed by atoms with van der Waals surface area (Å²) in [5.74, 6) is -0.0908. The molecule has 2 aromatic carbocycles. The minimum atomic E-state index is -0.499. The molecule has 0 fully saturated rings. The summed E-state index contributed by atoms with van der Waals surface area (Å²) in [6, 6.07) is 12.9. The zero-order valence-corrected chi connectivity index (χ0v) is 15.6. The molecule has 0 unspecified atom stereocenters. The van der Waals surface area contributed by atoms with Crippen LogP contribution in [0.1, 0.15) is 55.8 Å². The molecule has 0 radical (unpaired) electrons. The van der Waals surface area contributed by atoms with E-state index in [1.54, 1.807) is 42.5 Å². The van der Waals surface area contributed by atoms with Crippen LogP contribution in [0.2, 0.25) is 5.02 Å². The monoisotopic (exact) mass is 374 g/mol. The van der Waals surface area contributed by atoms with E-state index in [1.165, 1.54) is 18.9 Å². The number of benzene rings is 2. The molecule has 0 heterocycles. The first-order chi connectivity index (χ1) is 12.6. The summed E-state index contributed by atoms with van der Waals surface area (Å²) in [4.78, 5) is 24.0. The van der Waals surface area contributed by atoms with Crippen LogP contribution in [0.3, 0.4) is 0 Å². The fourth-order valence-corrected chi connectivity index (χ4v) is 2.53. The molecular weight excluding hydrogens is 352 g/mol. The van der Waals surface area contributed by atoms with Crippen molar-refractivity contribution in [2.24, 2.45) is 0 Å². The minimum Gasteiger partial charge on any atom is -0.426 e. The van der Waals surface area contributed by atoms with Crippen molar-refractivity contribution in [1.82, 2.24) is 0 Å². The van der Waals surface area contributed by atoms with Gasteiger partial charge in [0.05, 0.1) is 5.56 Å². The second kappa shape index (κ2) is 10.6. The molecule has 26 heavy (non-hydrogen) atoms. The van der Waals surface area contributed by atoms with Crippen LogP contribution >= 0.6 is 11.6 Å². The predicted octanol–water partition coefficient (Wildman–Crippen LogP) is 5.83. The van der Waals surface area contributed by atoms with E-state index in [1.807, 2.05) is 0 Å². The topological polar surface area (TPSA) is 52.6 Å². The second-order valence-electron chi connectivity index (χ2n) is 6.01. The smallest absolute Gasteiger partial charge is 0.343 e. The molecule has 0 spiro atoms. The molecule has 0 aromatic heterocycles. The van der Waals surface area contributed by atoms with E-state index in [0.29, 0.717) is 28.5 Å². The van der Waals surface area contributed by atoms with Gasteiger partial charge in [-0.05, 0) is 42.8 Å². The molecular formula is C21H23ClO4. The van der Waals surface area contributed by atoms with Gasteiger partial charge in [-0.3, -0.25) is 4.79 Å². The number of rotatable bonds is 9. The first-order valence-corrected chi connectivity index (χ1v) is 9.25.